The zero-order valence-corrected chi connectivity index (χ0v) is 16.4. The highest BCUT2D eigenvalue weighted by Gasteiger charge is 2.45. The first kappa shape index (κ1) is 19.7. The summed E-state index contributed by atoms with van der Waals surface area (Å²) in [6.07, 6.45) is -3.97. The van der Waals surface area contributed by atoms with E-state index in [0.29, 0.717) is 17.6 Å². The minimum atomic E-state index is -1.15. The lowest BCUT2D eigenvalue weighted by Gasteiger charge is -2.42. The van der Waals surface area contributed by atoms with Crippen LogP contribution in [0.1, 0.15) is 11.1 Å². The number of benzene rings is 2. The summed E-state index contributed by atoms with van der Waals surface area (Å²) in [5, 5.41) is 21.0. The van der Waals surface area contributed by atoms with E-state index >= 15 is 0 Å². The molecule has 0 unspecified atom stereocenters. The molecule has 2 N–H and O–H groups in total. The minimum absolute atomic E-state index is 0.304. The Labute approximate surface area is 167 Å². The second-order valence-corrected chi connectivity index (χ2v) is 7.11. The van der Waals surface area contributed by atoms with Crippen molar-refractivity contribution < 1.29 is 24.4 Å². The van der Waals surface area contributed by atoms with E-state index in [1.165, 1.54) is 0 Å². The average molecular weight is 470 g/mol. The number of aliphatic hydroxyl groups is 2. The van der Waals surface area contributed by atoms with Crippen molar-refractivity contribution in [2.75, 3.05) is 4.43 Å². The summed E-state index contributed by atoms with van der Waals surface area (Å²) in [6.45, 7) is 0.632. The predicted octanol–water partition coefficient (Wildman–Crippen LogP) is 2.67. The van der Waals surface area contributed by atoms with Gasteiger partial charge in [0.1, 0.15) is 18.3 Å². The second-order valence-electron chi connectivity index (χ2n) is 6.23. The van der Waals surface area contributed by atoms with E-state index in [4.69, 9.17) is 14.2 Å². The number of aliphatic hydroxyl groups excluding tert-OH is 2. The Bertz CT molecular complexity index is 654. The van der Waals surface area contributed by atoms with Crippen LogP contribution >= 0.6 is 22.6 Å². The predicted molar refractivity (Wildman–Crippen MR) is 106 cm³/mol. The van der Waals surface area contributed by atoms with E-state index in [9.17, 15) is 10.2 Å². The average Bonchev–Trinajstić information content (AvgIpc) is 2.69. The van der Waals surface area contributed by atoms with Gasteiger partial charge in [-0.15, -0.1) is 0 Å². The molecule has 5 nitrogen and oxygen atoms in total. The summed E-state index contributed by atoms with van der Waals surface area (Å²) in [5.74, 6) is 0. The van der Waals surface area contributed by atoms with Crippen LogP contribution in [0.4, 0.5) is 0 Å². The van der Waals surface area contributed by atoms with Crippen molar-refractivity contribution in [2.45, 2.75) is 43.9 Å². The van der Waals surface area contributed by atoms with Gasteiger partial charge in [0.05, 0.1) is 19.3 Å². The summed E-state index contributed by atoms with van der Waals surface area (Å²) in [7, 11) is 0. The number of hydrogen-bond acceptors (Lipinski definition) is 5. The summed E-state index contributed by atoms with van der Waals surface area (Å²) in [5.41, 5.74) is 1.97. The number of hydrogen-bond donors (Lipinski definition) is 2. The normalized spacial score (nSPS) is 28.8. The van der Waals surface area contributed by atoms with Crippen molar-refractivity contribution in [2.24, 2.45) is 0 Å². The van der Waals surface area contributed by atoms with Crippen molar-refractivity contribution in [3.8, 4) is 0 Å². The molecule has 1 aliphatic rings. The lowest BCUT2D eigenvalue weighted by atomic mass is 9.99. The van der Waals surface area contributed by atoms with Gasteiger partial charge in [-0.25, -0.2) is 0 Å². The van der Waals surface area contributed by atoms with Crippen LogP contribution in [0.25, 0.3) is 0 Å². The fourth-order valence-corrected chi connectivity index (χ4v) is 3.67. The summed E-state index contributed by atoms with van der Waals surface area (Å²) >= 11 is 2.13. The molecule has 1 heterocycles. The Morgan fingerprint density at radius 2 is 1.31 bits per heavy atom. The van der Waals surface area contributed by atoms with Crippen LogP contribution < -0.4 is 0 Å². The van der Waals surface area contributed by atoms with Crippen LogP contribution in [0.2, 0.25) is 0 Å². The monoisotopic (exact) mass is 470 g/mol. The molecular formula is C20H23IO5. The third kappa shape index (κ3) is 5.03. The standard InChI is InChI=1S/C20H23IO5/c21-11-16-17(22)18(24-12-14-7-3-1-4-8-14)19(20(23)26-16)25-13-15-9-5-2-6-10-15/h1-10,16-20,22-23H,11-13H2/t16-,17-,18+,19-,20+/m1/s1. The van der Waals surface area contributed by atoms with E-state index in [1.54, 1.807) is 0 Å². The molecule has 1 fully saturated rings. The maximum atomic E-state index is 10.6. The molecule has 140 valence electrons. The first-order valence-electron chi connectivity index (χ1n) is 8.57. The zero-order valence-electron chi connectivity index (χ0n) is 14.3. The number of alkyl halides is 1. The molecule has 3 rings (SSSR count). The molecule has 0 aromatic heterocycles. The SMILES string of the molecule is O[C@H]1[C@H](OCc2ccccc2)[C@@H](OCc2ccccc2)[C@@H](O)O[C@@H]1CI. The molecule has 2 aromatic carbocycles. The van der Waals surface area contributed by atoms with Crippen molar-refractivity contribution in [3.63, 3.8) is 0 Å². The van der Waals surface area contributed by atoms with Crippen molar-refractivity contribution in [1.82, 2.24) is 0 Å². The summed E-state index contributed by atoms with van der Waals surface area (Å²) in [4.78, 5) is 0. The van der Waals surface area contributed by atoms with Crippen LogP contribution in [0.5, 0.6) is 0 Å². The maximum absolute atomic E-state index is 10.6. The molecular weight excluding hydrogens is 447 g/mol. The van der Waals surface area contributed by atoms with Gasteiger partial charge < -0.3 is 24.4 Å². The lowest BCUT2D eigenvalue weighted by molar-refractivity contribution is -0.298. The van der Waals surface area contributed by atoms with Crippen LogP contribution in [0, 0.1) is 0 Å². The Morgan fingerprint density at radius 3 is 1.81 bits per heavy atom. The van der Waals surface area contributed by atoms with Gasteiger partial charge >= 0.3 is 0 Å². The fourth-order valence-electron chi connectivity index (χ4n) is 2.94. The van der Waals surface area contributed by atoms with E-state index in [1.807, 2.05) is 60.7 Å². The summed E-state index contributed by atoms with van der Waals surface area (Å²) in [6, 6.07) is 19.4. The molecule has 0 radical (unpaired) electrons. The molecule has 0 aliphatic carbocycles. The zero-order chi connectivity index (χ0) is 18.4. The fraction of sp³-hybridized carbons (Fsp3) is 0.400. The molecule has 26 heavy (non-hydrogen) atoms. The van der Waals surface area contributed by atoms with Crippen molar-refractivity contribution in [1.29, 1.82) is 0 Å². The van der Waals surface area contributed by atoms with E-state index in [0.717, 1.165) is 11.1 Å². The summed E-state index contributed by atoms with van der Waals surface area (Å²) < 4.78 is 17.9. The highest BCUT2D eigenvalue weighted by molar-refractivity contribution is 14.1. The molecule has 0 saturated carbocycles. The highest BCUT2D eigenvalue weighted by Crippen LogP contribution is 2.27. The topological polar surface area (TPSA) is 68.2 Å². The van der Waals surface area contributed by atoms with Gasteiger partial charge in [-0.2, -0.15) is 0 Å². The van der Waals surface area contributed by atoms with E-state index in [-0.39, 0.29) is 0 Å². The molecule has 1 saturated heterocycles. The van der Waals surface area contributed by atoms with Gasteiger partial charge in [-0.3, -0.25) is 0 Å². The van der Waals surface area contributed by atoms with Crippen LogP contribution in [0.15, 0.2) is 60.7 Å². The maximum Gasteiger partial charge on any atom is 0.184 e. The Morgan fingerprint density at radius 1 is 0.808 bits per heavy atom. The largest absolute Gasteiger partial charge is 0.388 e. The molecule has 0 amide bonds. The Kier molecular flexibility index (Phi) is 7.42. The second kappa shape index (κ2) is 9.77. The van der Waals surface area contributed by atoms with Crippen LogP contribution in [0.3, 0.4) is 0 Å². The first-order chi connectivity index (χ1) is 12.7. The minimum Gasteiger partial charge on any atom is -0.388 e. The van der Waals surface area contributed by atoms with E-state index < -0.39 is 30.7 Å². The quantitative estimate of drug-likeness (QED) is 0.481. The van der Waals surface area contributed by atoms with Crippen LogP contribution in [-0.2, 0) is 27.4 Å². The van der Waals surface area contributed by atoms with Crippen molar-refractivity contribution >= 4 is 22.6 Å². The third-order valence-corrected chi connectivity index (χ3v) is 5.23. The smallest absolute Gasteiger partial charge is 0.184 e. The number of rotatable bonds is 7. The molecule has 1 aliphatic heterocycles. The molecule has 2 aromatic rings. The highest BCUT2D eigenvalue weighted by atomic mass is 127. The van der Waals surface area contributed by atoms with Gasteiger partial charge in [0, 0.05) is 4.43 Å². The first-order valence-corrected chi connectivity index (χ1v) is 10.1. The Hall–Kier alpha value is -1.03. The molecule has 0 spiro atoms. The molecule has 0 bridgehead atoms. The Balaban J connectivity index is 1.69. The van der Waals surface area contributed by atoms with Gasteiger partial charge in [-0.1, -0.05) is 83.3 Å². The van der Waals surface area contributed by atoms with Gasteiger partial charge in [-0.05, 0) is 11.1 Å². The van der Waals surface area contributed by atoms with Gasteiger partial charge in [0.25, 0.3) is 0 Å². The number of halogens is 1. The van der Waals surface area contributed by atoms with E-state index in [2.05, 4.69) is 22.6 Å². The lowest BCUT2D eigenvalue weighted by Crippen LogP contribution is -2.59. The molecule has 5 atom stereocenters. The van der Waals surface area contributed by atoms with Crippen molar-refractivity contribution in [3.05, 3.63) is 71.8 Å². The van der Waals surface area contributed by atoms with Crippen LogP contribution in [-0.4, -0.2) is 45.3 Å². The van der Waals surface area contributed by atoms with Gasteiger partial charge in [0.15, 0.2) is 6.29 Å². The third-order valence-electron chi connectivity index (χ3n) is 4.36. The van der Waals surface area contributed by atoms with Gasteiger partial charge in [0.2, 0.25) is 0 Å². The number of ether oxygens (including phenoxy) is 3. The molecule has 6 heteroatoms.